The molecule has 0 aliphatic rings. The molecule has 0 saturated carbocycles. The van der Waals surface area contributed by atoms with Crippen molar-refractivity contribution in [3.8, 4) is 0 Å². The number of amides is 1. The number of nitrogens with one attached hydrogen (secondary N) is 1. The van der Waals surface area contributed by atoms with Crippen LogP contribution in [0.15, 0.2) is 61.2 Å². The summed E-state index contributed by atoms with van der Waals surface area (Å²) in [5.41, 5.74) is 1.19. The van der Waals surface area contributed by atoms with Crippen LogP contribution in [0.25, 0.3) is 0 Å². The fraction of sp³-hybridized carbons (Fsp3) is 0. The molecule has 1 rings (SSSR count). The first kappa shape index (κ1) is 15.5. The average Bonchev–Trinajstić information content (AvgIpc) is 2.27. The van der Waals surface area contributed by atoms with Crippen LogP contribution in [-0.2, 0) is 4.79 Å². The quantitative estimate of drug-likeness (QED) is 0.332. The van der Waals surface area contributed by atoms with Crippen molar-refractivity contribution in [2.24, 2.45) is 0 Å². The van der Waals surface area contributed by atoms with Crippen LogP contribution in [0, 0.1) is 6.07 Å². The standard InChI is InChI=1S/C13H12NO.K/c1-3-8-11(4-2)13(15)14-12-9-6-5-7-10-12;/h3-6,8-10H,1-2H2,(H,14,15);/q-1;+1/b11-8+;. The van der Waals surface area contributed by atoms with E-state index in [1.807, 2.05) is 0 Å². The fourth-order valence-electron chi connectivity index (χ4n) is 1.04. The number of carbonyl (C=O) groups is 1. The first-order valence-electron chi connectivity index (χ1n) is 4.50. The minimum Gasteiger partial charge on any atom is -0.375 e. The zero-order chi connectivity index (χ0) is 11.1. The van der Waals surface area contributed by atoms with E-state index < -0.39 is 0 Å². The molecule has 0 unspecified atom stereocenters. The van der Waals surface area contributed by atoms with Gasteiger partial charge in [-0.05, 0) is 0 Å². The molecule has 2 nitrogen and oxygen atoms in total. The third-order valence-electron chi connectivity index (χ3n) is 1.74. The van der Waals surface area contributed by atoms with Gasteiger partial charge in [0.25, 0.3) is 0 Å². The Morgan fingerprint density at radius 1 is 1.44 bits per heavy atom. The smallest absolute Gasteiger partial charge is 0.375 e. The van der Waals surface area contributed by atoms with Gasteiger partial charge in [-0.15, -0.1) is 6.07 Å². The van der Waals surface area contributed by atoms with E-state index in [2.05, 4.69) is 24.5 Å². The van der Waals surface area contributed by atoms with Crippen LogP contribution in [0.4, 0.5) is 5.69 Å². The zero-order valence-corrected chi connectivity index (χ0v) is 12.5. The molecule has 16 heavy (non-hydrogen) atoms. The van der Waals surface area contributed by atoms with Gasteiger partial charge in [0, 0.05) is 5.57 Å². The first-order chi connectivity index (χ1) is 7.27. The molecule has 0 fully saturated rings. The summed E-state index contributed by atoms with van der Waals surface area (Å²) in [4.78, 5) is 11.6. The molecule has 0 bridgehead atoms. The topological polar surface area (TPSA) is 29.1 Å². The largest absolute Gasteiger partial charge is 1.00 e. The Labute approximate surface area is 139 Å². The number of benzene rings is 1. The van der Waals surface area contributed by atoms with Crippen LogP contribution in [0.5, 0.6) is 0 Å². The number of anilines is 1. The second-order valence-corrected chi connectivity index (χ2v) is 2.81. The van der Waals surface area contributed by atoms with Crippen molar-refractivity contribution in [2.45, 2.75) is 0 Å². The Morgan fingerprint density at radius 3 is 2.69 bits per heavy atom. The molecule has 0 spiro atoms. The molecular formula is C13H12KNO. The Kier molecular flexibility index (Phi) is 8.42. The molecule has 1 N–H and O–H groups in total. The minimum atomic E-state index is -0.204. The third kappa shape index (κ3) is 5.05. The number of carbonyl (C=O) groups excluding carboxylic acids is 1. The number of hydrogen-bond acceptors (Lipinski definition) is 1. The predicted octanol–water partition coefficient (Wildman–Crippen LogP) is -0.272. The molecule has 0 saturated heterocycles. The maximum absolute atomic E-state index is 11.6. The van der Waals surface area contributed by atoms with E-state index in [0.717, 1.165) is 0 Å². The Balaban J connectivity index is 0.00000225. The van der Waals surface area contributed by atoms with Gasteiger partial charge in [-0.3, -0.25) is 4.79 Å². The van der Waals surface area contributed by atoms with Crippen LogP contribution in [-0.4, -0.2) is 5.91 Å². The van der Waals surface area contributed by atoms with Gasteiger partial charge in [-0.2, -0.15) is 24.3 Å². The number of allylic oxidation sites excluding steroid dienone is 2. The van der Waals surface area contributed by atoms with Gasteiger partial charge in [0.2, 0.25) is 5.91 Å². The second kappa shape index (κ2) is 8.67. The van der Waals surface area contributed by atoms with Crippen molar-refractivity contribution < 1.29 is 56.2 Å². The van der Waals surface area contributed by atoms with E-state index in [4.69, 9.17) is 0 Å². The van der Waals surface area contributed by atoms with E-state index in [-0.39, 0.29) is 57.3 Å². The summed E-state index contributed by atoms with van der Waals surface area (Å²) in [6, 6.07) is 9.94. The number of rotatable bonds is 4. The molecular weight excluding hydrogens is 225 g/mol. The maximum atomic E-state index is 11.6. The third-order valence-corrected chi connectivity index (χ3v) is 1.74. The summed E-state index contributed by atoms with van der Waals surface area (Å²) in [6.07, 6.45) is 4.65. The van der Waals surface area contributed by atoms with Crippen molar-refractivity contribution >= 4 is 11.6 Å². The summed E-state index contributed by atoms with van der Waals surface area (Å²) in [6.45, 7) is 7.09. The van der Waals surface area contributed by atoms with E-state index in [0.29, 0.717) is 11.3 Å². The van der Waals surface area contributed by atoms with Crippen molar-refractivity contribution in [3.63, 3.8) is 0 Å². The Hall–Kier alpha value is -0.454. The zero-order valence-electron chi connectivity index (χ0n) is 9.36. The number of hydrogen-bond donors (Lipinski definition) is 1. The molecule has 3 heteroatoms. The van der Waals surface area contributed by atoms with Crippen LogP contribution in [0.3, 0.4) is 0 Å². The van der Waals surface area contributed by atoms with Gasteiger partial charge < -0.3 is 5.32 Å². The fourth-order valence-corrected chi connectivity index (χ4v) is 1.04. The molecule has 0 heterocycles. The molecule has 0 atom stereocenters. The summed E-state index contributed by atoms with van der Waals surface area (Å²) in [5.74, 6) is -0.204. The minimum absolute atomic E-state index is 0. The van der Waals surface area contributed by atoms with Crippen molar-refractivity contribution in [1.82, 2.24) is 0 Å². The Bertz CT molecular complexity index is 396. The molecule has 0 aliphatic carbocycles. The van der Waals surface area contributed by atoms with Crippen LogP contribution >= 0.6 is 0 Å². The van der Waals surface area contributed by atoms with E-state index in [1.54, 1.807) is 36.4 Å². The monoisotopic (exact) mass is 237 g/mol. The van der Waals surface area contributed by atoms with Crippen molar-refractivity contribution in [1.29, 1.82) is 0 Å². The molecule has 0 aliphatic heterocycles. The summed E-state index contributed by atoms with van der Waals surface area (Å²) >= 11 is 0. The molecule has 1 aromatic carbocycles. The first-order valence-corrected chi connectivity index (χ1v) is 4.50. The molecule has 1 aromatic rings. The molecule has 1 amide bonds. The van der Waals surface area contributed by atoms with Crippen molar-refractivity contribution in [3.05, 3.63) is 67.3 Å². The summed E-state index contributed by atoms with van der Waals surface area (Å²) < 4.78 is 0. The summed E-state index contributed by atoms with van der Waals surface area (Å²) in [5, 5.41) is 2.72. The molecule has 0 aromatic heterocycles. The van der Waals surface area contributed by atoms with E-state index >= 15 is 0 Å². The second-order valence-electron chi connectivity index (χ2n) is 2.81. The van der Waals surface area contributed by atoms with E-state index in [9.17, 15) is 4.79 Å². The van der Waals surface area contributed by atoms with Crippen LogP contribution in [0.2, 0.25) is 0 Å². The Morgan fingerprint density at radius 2 is 2.19 bits per heavy atom. The van der Waals surface area contributed by atoms with Gasteiger partial charge in [-0.1, -0.05) is 37.1 Å². The predicted molar refractivity (Wildman–Crippen MR) is 62.4 cm³/mol. The van der Waals surface area contributed by atoms with Crippen LogP contribution in [0.1, 0.15) is 0 Å². The van der Waals surface area contributed by atoms with Gasteiger partial charge >= 0.3 is 51.4 Å². The van der Waals surface area contributed by atoms with Gasteiger partial charge in [0.1, 0.15) is 0 Å². The maximum Gasteiger partial charge on any atom is 1.00 e. The molecule has 76 valence electrons. The van der Waals surface area contributed by atoms with Gasteiger partial charge in [0.15, 0.2) is 0 Å². The van der Waals surface area contributed by atoms with Crippen molar-refractivity contribution in [2.75, 3.05) is 5.32 Å². The normalized spacial score (nSPS) is 9.88. The van der Waals surface area contributed by atoms with Gasteiger partial charge in [-0.25, -0.2) is 0 Å². The van der Waals surface area contributed by atoms with Crippen LogP contribution < -0.4 is 56.7 Å². The van der Waals surface area contributed by atoms with E-state index in [1.165, 1.54) is 6.08 Å². The molecule has 0 radical (unpaired) electrons. The summed E-state index contributed by atoms with van der Waals surface area (Å²) in [7, 11) is 0. The average molecular weight is 237 g/mol. The van der Waals surface area contributed by atoms with Gasteiger partial charge in [0.05, 0.1) is 0 Å². The SMILES string of the molecule is C=C/C=C(\C=C)C(=O)Nc1c[c-]ccc1.[K+].